The summed E-state index contributed by atoms with van der Waals surface area (Å²) in [5.74, 6) is 1.26. The minimum atomic E-state index is -0.0462. The fourth-order valence-corrected chi connectivity index (χ4v) is 2.06. The lowest BCUT2D eigenvalue weighted by molar-refractivity contribution is 0.284. The molecule has 2 rings (SSSR count). The molecular formula is C17H16N2O3. The molecule has 0 saturated carbocycles. The van der Waals surface area contributed by atoms with Gasteiger partial charge in [0, 0.05) is 5.56 Å². The summed E-state index contributed by atoms with van der Waals surface area (Å²) in [7, 11) is 1.59. The van der Waals surface area contributed by atoms with Gasteiger partial charge in [0.15, 0.2) is 17.2 Å². The smallest absolute Gasteiger partial charge is 0.187 e. The molecule has 1 N–H and O–H groups in total. The van der Waals surface area contributed by atoms with Gasteiger partial charge < -0.3 is 14.7 Å². The maximum absolute atomic E-state index is 9.00. The summed E-state index contributed by atoms with van der Waals surface area (Å²) in [6, 6.07) is 14.6. The molecule has 22 heavy (non-hydrogen) atoms. The van der Waals surface area contributed by atoms with E-state index in [-0.39, 0.29) is 12.3 Å². The average Bonchev–Trinajstić information content (AvgIpc) is 2.55. The molecule has 0 heterocycles. The Morgan fingerprint density at radius 2 is 2.00 bits per heavy atom. The predicted octanol–water partition coefficient (Wildman–Crippen LogP) is 3.28. The third-order valence-corrected chi connectivity index (χ3v) is 3.18. The first-order valence-electron chi connectivity index (χ1n) is 6.67. The maximum atomic E-state index is 9.00. The third-order valence-electron chi connectivity index (χ3n) is 3.18. The van der Waals surface area contributed by atoms with E-state index >= 15 is 0 Å². The van der Waals surface area contributed by atoms with Gasteiger partial charge in [-0.3, -0.25) is 0 Å². The molecule has 0 aromatic heterocycles. The summed E-state index contributed by atoms with van der Waals surface area (Å²) < 4.78 is 11.1. The van der Waals surface area contributed by atoms with E-state index in [2.05, 4.69) is 5.16 Å². The molecule has 5 heteroatoms. The van der Waals surface area contributed by atoms with Gasteiger partial charge >= 0.3 is 0 Å². The van der Waals surface area contributed by atoms with Crippen molar-refractivity contribution >= 4 is 5.71 Å². The topological polar surface area (TPSA) is 74.8 Å². The van der Waals surface area contributed by atoms with Crippen molar-refractivity contribution in [3.8, 4) is 17.6 Å². The Bertz CT molecular complexity index is 733. The second-order valence-electron chi connectivity index (χ2n) is 4.66. The molecule has 0 atom stereocenters. The second kappa shape index (κ2) is 7.14. The van der Waals surface area contributed by atoms with Gasteiger partial charge in [0.2, 0.25) is 0 Å². The van der Waals surface area contributed by atoms with Crippen LogP contribution in [-0.2, 0) is 6.61 Å². The Labute approximate surface area is 129 Å². The number of nitriles is 1. The number of methoxy groups -OCH3 is 1. The first kappa shape index (κ1) is 15.4. The summed E-state index contributed by atoms with van der Waals surface area (Å²) in [6.45, 7) is 2.20. The zero-order chi connectivity index (χ0) is 15.9. The Morgan fingerprint density at radius 3 is 2.68 bits per heavy atom. The van der Waals surface area contributed by atoms with E-state index < -0.39 is 0 Å². The van der Waals surface area contributed by atoms with E-state index in [4.69, 9.17) is 19.9 Å². The molecule has 0 radical (unpaired) electrons. The highest BCUT2D eigenvalue weighted by Crippen LogP contribution is 2.28. The highest BCUT2D eigenvalue weighted by Gasteiger charge is 2.11. The van der Waals surface area contributed by atoms with Gasteiger partial charge in [-0.15, -0.1) is 0 Å². The molecule has 0 aliphatic heterocycles. The van der Waals surface area contributed by atoms with Crippen molar-refractivity contribution in [3.63, 3.8) is 0 Å². The van der Waals surface area contributed by atoms with Gasteiger partial charge in [-0.05, 0) is 30.2 Å². The summed E-state index contributed by atoms with van der Waals surface area (Å²) in [6.07, 6.45) is 0. The van der Waals surface area contributed by atoms with Gasteiger partial charge in [0.1, 0.15) is 12.7 Å². The van der Waals surface area contributed by atoms with Gasteiger partial charge in [0.25, 0.3) is 0 Å². The van der Waals surface area contributed by atoms with E-state index in [1.165, 1.54) is 0 Å². The normalized spacial score (nSPS) is 10.9. The van der Waals surface area contributed by atoms with Gasteiger partial charge in [-0.2, -0.15) is 5.26 Å². The quantitative estimate of drug-likeness (QED) is 0.522. The lowest BCUT2D eigenvalue weighted by atomic mass is 10.0. The van der Waals surface area contributed by atoms with Crippen molar-refractivity contribution in [2.45, 2.75) is 13.5 Å². The zero-order valence-corrected chi connectivity index (χ0v) is 12.4. The number of ether oxygens (including phenoxy) is 2. The van der Waals surface area contributed by atoms with Crippen molar-refractivity contribution in [2.75, 3.05) is 7.11 Å². The number of hydrogen-bond acceptors (Lipinski definition) is 5. The lowest BCUT2D eigenvalue weighted by Gasteiger charge is -2.13. The minimum Gasteiger partial charge on any atom is -0.493 e. The summed E-state index contributed by atoms with van der Waals surface area (Å²) in [5.41, 5.74) is 2.32. The standard InChI is InChI=1S/C17H16N2O3/c1-12-7-8-16(17(9-12)21-2)22-11-13-5-3-4-6-14(13)15(10-18)19-20/h3-9,20H,11H2,1-2H3/b19-15-. The molecule has 0 fully saturated rings. The van der Waals surface area contributed by atoms with Crippen LogP contribution in [0.1, 0.15) is 16.7 Å². The predicted molar refractivity (Wildman–Crippen MR) is 82.4 cm³/mol. The number of hydrogen-bond donors (Lipinski definition) is 1. The molecule has 5 nitrogen and oxygen atoms in total. The first-order valence-corrected chi connectivity index (χ1v) is 6.67. The molecule has 0 aliphatic carbocycles. The van der Waals surface area contributed by atoms with Gasteiger partial charge in [0.05, 0.1) is 7.11 Å². The Morgan fingerprint density at radius 1 is 1.23 bits per heavy atom. The van der Waals surface area contributed by atoms with Crippen molar-refractivity contribution in [1.82, 2.24) is 0 Å². The summed E-state index contributed by atoms with van der Waals surface area (Å²) in [5, 5.41) is 20.9. The molecule has 112 valence electrons. The van der Waals surface area contributed by atoms with Crippen LogP contribution in [0.3, 0.4) is 0 Å². The fraction of sp³-hybridized carbons (Fsp3) is 0.176. The van der Waals surface area contributed by atoms with E-state index in [1.54, 1.807) is 19.2 Å². The third kappa shape index (κ3) is 3.36. The lowest BCUT2D eigenvalue weighted by Crippen LogP contribution is -2.06. The Kier molecular flexibility index (Phi) is 4.99. The van der Waals surface area contributed by atoms with Crippen LogP contribution in [0.4, 0.5) is 0 Å². The number of aryl methyl sites for hydroxylation is 1. The van der Waals surface area contributed by atoms with E-state index in [0.29, 0.717) is 17.1 Å². The van der Waals surface area contributed by atoms with Crippen molar-refractivity contribution in [3.05, 3.63) is 59.2 Å². The average molecular weight is 296 g/mol. The molecule has 0 aliphatic rings. The van der Waals surface area contributed by atoms with Crippen LogP contribution in [0.5, 0.6) is 11.5 Å². The molecule has 0 spiro atoms. The van der Waals surface area contributed by atoms with Crippen molar-refractivity contribution in [2.24, 2.45) is 5.16 Å². The second-order valence-corrected chi connectivity index (χ2v) is 4.66. The number of oxime groups is 1. The van der Waals surface area contributed by atoms with E-state index in [0.717, 1.165) is 11.1 Å². The van der Waals surface area contributed by atoms with Crippen LogP contribution in [0.2, 0.25) is 0 Å². The van der Waals surface area contributed by atoms with E-state index in [9.17, 15) is 0 Å². The Hall–Kier alpha value is -3.00. The number of benzene rings is 2. The molecule has 0 amide bonds. The molecular weight excluding hydrogens is 280 g/mol. The SMILES string of the molecule is COc1cc(C)ccc1OCc1ccccc1/C(C#N)=N\O. The minimum absolute atomic E-state index is 0.0462. The summed E-state index contributed by atoms with van der Waals surface area (Å²) >= 11 is 0. The number of rotatable bonds is 5. The molecule has 0 unspecified atom stereocenters. The van der Waals surface area contributed by atoms with Crippen LogP contribution in [0, 0.1) is 18.3 Å². The highest BCUT2D eigenvalue weighted by atomic mass is 16.5. The largest absolute Gasteiger partial charge is 0.493 e. The zero-order valence-electron chi connectivity index (χ0n) is 12.4. The van der Waals surface area contributed by atoms with Crippen molar-refractivity contribution in [1.29, 1.82) is 5.26 Å². The van der Waals surface area contributed by atoms with Crippen molar-refractivity contribution < 1.29 is 14.7 Å². The van der Waals surface area contributed by atoms with Crippen LogP contribution in [0.25, 0.3) is 0 Å². The van der Waals surface area contributed by atoms with Crippen LogP contribution in [0.15, 0.2) is 47.6 Å². The maximum Gasteiger partial charge on any atom is 0.187 e. The summed E-state index contributed by atoms with van der Waals surface area (Å²) in [4.78, 5) is 0. The van der Waals surface area contributed by atoms with Gasteiger partial charge in [-0.1, -0.05) is 35.5 Å². The van der Waals surface area contributed by atoms with Crippen LogP contribution >= 0.6 is 0 Å². The first-order chi connectivity index (χ1) is 10.7. The van der Waals surface area contributed by atoms with E-state index in [1.807, 2.05) is 43.3 Å². The highest BCUT2D eigenvalue weighted by molar-refractivity contribution is 6.12. The molecule has 2 aromatic carbocycles. The monoisotopic (exact) mass is 296 g/mol. The van der Waals surface area contributed by atoms with Crippen LogP contribution < -0.4 is 9.47 Å². The van der Waals surface area contributed by atoms with Gasteiger partial charge in [-0.25, -0.2) is 0 Å². The molecule has 2 aromatic rings. The fourth-order valence-electron chi connectivity index (χ4n) is 2.06. The molecule has 0 saturated heterocycles. The number of nitrogens with zero attached hydrogens (tertiary/aromatic N) is 2. The molecule has 0 bridgehead atoms. The van der Waals surface area contributed by atoms with Crippen LogP contribution in [-0.4, -0.2) is 18.0 Å². The Balaban J connectivity index is 2.25.